The first-order valence-corrected chi connectivity index (χ1v) is 8.51. The summed E-state index contributed by atoms with van der Waals surface area (Å²) in [5.74, 6) is 0. The number of thiophene rings is 1. The van der Waals surface area contributed by atoms with Gasteiger partial charge in [-0.2, -0.15) is 4.31 Å². The molecular weight excluding hydrogens is 316 g/mol. The van der Waals surface area contributed by atoms with Crippen molar-refractivity contribution in [3.8, 4) is 0 Å². The van der Waals surface area contributed by atoms with Crippen molar-refractivity contribution in [3.05, 3.63) is 45.1 Å². The normalized spacial score (nSPS) is 12.0. The number of nitrogens with zero attached hydrogens (tertiary/aromatic N) is 1. The van der Waals surface area contributed by atoms with Gasteiger partial charge in [-0.05, 0) is 30.7 Å². The molecule has 1 aromatic heterocycles. The molecule has 1 aromatic carbocycles. The van der Waals surface area contributed by atoms with E-state index in [-0.39, 0.29) is 17.1 Å². The Morgan fingerprint density at radius 2 is 2.00 bits per heavy atom. The Labute approximate surface area is 127 Å². The molecule has 0 aliphatic heterocycles. The molecule has 0 bridgehead atoms. The summed E-state index contributed by atoms with van der Waals surface area (Å²) in [6, 6.07) is 8.64. The van der Waals surface area contributed by atoms with Crippen molar-refractivity contribution < 1.29 is 8.42 Å². The minimum absolute atomic E-state index is 0.171. The second-order valence-electron chi connectivity index (χ2n) is 4.46. The van der Waals surface area contributed by atoms with Gasteiger partial charge in [0.15, 0.2) is 0 Å². The minimum atomic E-state index is -3.62. The number of nitrogen functional groups attached to an aromatic ring is 1. The summed E-state index contributed by atoms with van der Waals surface area (Å²) in [6.45, 7) is 2.01. The monoisotopic (exact) mass is 330 g/mol. The van der Waals surface area contributed by atoms with Gasteiger partial charge in [0.05, 0.1) is 10.0 Å². The van der Waals surface area contributed by atoms with Crippen molar-refractivity contribution >= 4 is 38.6 Å². The molecular formula is C13H15ClN2O2S2. The van der Waals surface area contributed by atoms with Gasteiger partial charge in [-0.1, -0.05) is 23.7 Å². The van der Waals surface area contributed by atoms with E-state index >= 15 is 0 Å². The molecule has 0 unspecified atom stereocenters. The summed E-state index contributed by atoms with van der Waals surface area (Å²) in [7, 11) is -2.08. The van der Waals surface area contributed by atoms with Crippen LogP contribution in [0.15, 0.2) is 35.2 Å². The van der Waals surface area contributed by atoms with Gasteiger partial charge in [0.2, 0.25) is 10.0 Å². The van der Waals surface area contributed by atoms with E-state index in [9.17, 15) is 8.42 Å². The van der Waals surface area contributed by atoms with Crippen LogP contribution in [-0.2, 0) is 16.6 Å². The van der Waals surface area contributed by atoms with Gasteiger partial charge in [0.25, 0.3) is 0 Å². The number of anilines is 1. The van der Waals surface area contributed by atoms with E-state index in [0.29, 0.717) is 9.90 Å². The van der Waals surface area contributed by atoms with Crippen molar-refractivity contribution in [1.29, 1.82) is 0 Å². The first-order valence-electron chi connectivity index (χ1n) is 5.88. The van der Waals surface area contributed by atoms with E-state index in [4.69, 9.17) is 17.3 Å². The zero-order valence-electron chi connectivity index (χ0n) is 11.1. The summed E-state index contributed by atoms with van der Waals surface area (Å²) in [5.41, 5.74) is 6.72. The van der Waals surface area contributed by atoms with Crippen LogP contribution in [0.2, 0.25) is 4.34 Å². The van der Waals surface area contributed by atoms with E-state index in [1.54, 1.807) is 31.2 Å². The zero-order valence-corrected chi connectivity index (χ0v) is 13.5. The van der Waals surface area contributed by atoms with E-state index in [0.717, 1.165) is 4.88 Å². The minimum Gasteiger partial charge on any atom is -0.398 e. The number of benzene rings is 1. The summed E-state index contributed by atoms with van der Waals surface area (Å²) in [6.07, 6.45) is 0. The van der Waals surface area contributed by atoms with Crippen molar-refractivity contribution in [3.63, 3.8) is 0 Å². The lowest BCUT2D eigenvalue weighted by atomic mass is 10.2. The summed E-state index contributed by atoms with van der Waals surface area (Å²) >= 11 is 7.22. The first-order chi connectivity index (χ1) is 9.32. The van der Waals surface area contributed by atoms with Gasteiger partial charge in [0.1, 0.15) is 4.90 Å². The highest BCUT2D eigenvalue weighted by Crippen LogP contribution is 2.28. The maximum absolute atomic E-state index is 12.6. The molecule has 0 radical (unpaired) electrons. The molecule has 0 aliphatic rings. The van der Waals surface area contributed by atoms with Crippen molar-refractivity contribution in [2.24, 2.45) is 0 Å². The maximum atomic E-state index is 12.6. The molecule has 0 fully saturated rings. The van der Waals surface area contributed by atoms with Crippen LogP contribution >= 0.6 is 22.9 Å². The van der Waals surface area contributed by atoms with Crippen LogP contribution in [0.1, 0.15) is 10.4 Å². The zero-order chi connectivity index (χ0) is 14.9. The number of nitrogens with two attached hydrogens (primary N) is 1. The molecule has 1 heterocycles. The van der Waals surface area contributed by atoms with Crippen LogP contribution in [0.25, 0.3) is 0 Å². The average molecular weight is 331 g/mol. The fraction of sp³-hybridized carbons (Fsp3) is 0.231. The fourth-order valence-electron chi connectivity index (χ4n) is 1.92. The summed E-state index contributed by atoms with van der Waals surface area (Å²) in [5, 5.41) is 0. The third-order valence-electron chi connectivity index (χ3n) is 2.92. The lowest BCUT2D eigenvalue weighted by molar-refractivity contribution is 0.469. The molecule has 2 aromatic rings. The van der Waals surface area contributed by atoms with Crippen LogP contribution in [0.3, 0.4) is 0 Å². The van der Waals surface area contributed by atoms with E-state index in [1.165, 1.54) is 22.7 Å². The third-order valence-corrected chi connectivity index (χ3v) is 6.16. The summed E-state index contributed by atoms with van der Waals surface area (Å²) in [4.78, 5) is 1.05. The fourth-order valence-corrected chi connectivity index (χ4v) is 4.61. The predicted molar refractivity (Wildman–Crippen MR) is 83.6 cm³/mol. The van der Waals surface area contributed by atoms with Crippen molar-refractivity contribution in [2.75, 3.05) is 12.8 Å². The molecule has 0 aliphatic carbocycles. The van der Waals surface area contributed by atoms with E-state index in [1.807, 2.05) is 6.07 Å². The molecule has 0 saturated heterocycles. The lowest BCUT2D eigenvalue weighted by Gasteiger charge is -2.19. The largest absolute Gasteiger partial charge is 0.398 e. The van der Waals surface area contributed by atoms with Crippen molar-refractivity contribution in [1.82, 2.24) is 4.31 Å². The molecule has 20 heavy (non-hydrogen) atoms. The van der Waals surface area contributed by atoms with Gasteiger partial charge in [-0.3, -0.25) is 0 Å². The van der Waals surface area contributed by atoms with Crippen LogP contribution in [0, 0.1) is 6.92 Å². The number of sulfonamides is 1. The number of hydrogen-bond donors (Lipinski definition) is 1. The topological polar surface area (TPSA) is 63.4 Å². The Kier molecular flexibility index (Phi) is 4.39. The van der Waals surface area contributed by atoms with Crippen LogP contribution in [-0.4, -0.2) is 19.8 Å². The highest BCUT2D eigenvalue weighted by Gasteiger charge is 2.25. The van der Waals surface area contributed by atoms with Gasteiger partial charge >= 0.3 is 0 Å². The van der Waals surface area contributed by atoms with Gasteiger partial charge in [0, 0.05) is 18.5 Å². The third kappa shape index (κ3) is 2.98. The Morgan fingerprint density at radius 3 is 2.55 bits per heavy atom. The molecule has 0 amide bonds. The first kappa shape index (κ1) is 15.3. The number of aryl methyl sites for hydroxylation is 1. The highest BCUT2D eigenvalue weighted by atomic mass is 35.5. The highest BCUT2D eigenvalue weighted by molar-refractivity contribution is 7.89. The van der Waals surface area contributed by atoms with E-state index in [2.05, 4.69) is 0 Å². The van der Waals surface area contributed by atoms with Crippen LogP contribution in [0.4, 0.5) is 5.69 Å². The molecule has 2 N–H and O–H groups in total. The summed E-state index contributed by atoms with van der Waals surface area (Å²) < 4.78 is 27.1. The standard InChI is InChI=1S/C13H15ClN2O2S2/c1-9-4-3-5-11(15)13(9)20(17,18)16(2)8-10-6-7-12(14)19-10/h3-7H,8,15H2,1-2H3. The lowest BCUT2D eigenvalue weighted by Crippen LogP contribution is -2.27. The molecule has 0 atom stereocenters. The Balaban J connectivity index is 2.35. The van der Waals surface area contributed by atoms with Gasteiger partial charge < -0.3 is 5.73 Å². The SMILES string of the molecule is Cc1cccc(N)c1S(=O)(=O)N(C)Cc1ccc(Cl)s1. The Hall–Kier alpha value is -1.08. The molecule has 2 rings (SSSR count). The molecule has 7 heteroatoms. The van der Waals surface area contributed by atoms with Crippen molar-refractivity contribution in [2.45, 2.75) is 18.4 Å². The average Bonchev–Trinajstić information content (AvgIpc) is 2.74. The number of halogens is 1. The van der Waals surface area contributed by atoms with Gasteiger partial charge in [-0.25, -0.2) is 8.42 Å². The molecule has 0 spiro atoms. The predicted octanol–water partition coefficient (Wildman–Crippen LogP) is 3.11. The Morgan fingerprint density at radius 1 is 1.30 bits per heavy atom. The second-order valence-corrected chi connectivity index (χ2v) is 8.24. The Bertz CT molecular complexity index is 705. The van der Waals surface area contributed by atoms with Crippen LogP contribution < -0.4 is 5.73 Å². The maximum Gasteiger partial charge on any atom is 0.245 e. The van der Waals surface area contributed by atoms with Gasteiger partial charge in [-0.15, -0.1) is 11.3 Å². The quantitative estimate of drug-likeness (QED) is 0.876. The number of rotatable bonds is 4. The smallest absolute Gasteiger partial charge is 0.245 e. The number of hydrogen-bond acceptors (Lipinski definition) is 4. The molecule has 108 valence electrons. The second kappa shape index (κ2) is 5.73. The van der Waals surface area contributed by atoms with E-state index < -0.39 is 10.0 Å². The molecule has 4 nitrogen and oxygen atoms in total. The molecule has 0 saturated carbocycles. The van der Waals surface area contributed by atoms with Crippen LogP contribution in [0.5, 0.6) is 0 Å².